The summed E-state index contributed by atoms with van der Waals surface area (Å²) < 4.78 is 0. The molecule has 0 radical (unpaired) electrons. The van der Waals surface area contributed by atoms with Crippen LogP contribution in [0.4, 0.5) is 0 Å². The lowest BCUT2D eigenvalue weighted by Crippen LogP contribution is -2.38. The van der Waals surface area contributed by atoms with Crippen molar-refractivity contribution in [2.24, 2.45) is 5.73 Å². The van der Waals surface area contributed by atoms with E-state index in [2.05, 4.69) is 5.48 Å². The second-order valence-electron chi connectivity index (χ2n) is 4.53. The third kappa shape index (κ3) is 5.15. The Labute approximate surface area is 126 Å². The Bertz CT molecular complexity index is 546. The van der Waals surface area contributed by atoms with Crippen LogP contribution in [0, 0.1) is 0 Å². The Morgan fingerprint density at radius 3 is 2.32 bits per heavy atom. The predicted molar refractivity (Wildman–Crippen MR) is 76.3 cm³/mol. The summed E-state index contributed by atoms with van der Waals surface area (Å²) in [6.45, 7) is 0.443. The number of benzene rings is 1. The maximum atomic E-state index is 11.9. The van der Waals surface area contributed by atoms with Gasteiger partial charge in [0.1, 0.15) is 6.04 Å². The molecule has 0 spiro atoms. The number of carbonyl (C=O) groups excluding carboxylic acids is 1. The van der Waals surface area contributed by atoms with Gasteiger partial charge in [-0.2, -0.15) is 0 Å². The maximum Gasteiger partial charge on any atom is 0.357 e. The fourth-order valence-electron chi connectivity index (χ4n) is 1.75. The minimum atomic E-state index is -1.27. The minimum Gasteiger partial charge on any atom is -0.480 e. The number of aliphatic carboxylic acids is 1. The van der Waals surface area contributed by atoms with Gasteiger partial charge in [0.25, 0.3) is 0 Å². The SMILES string of the molecule is NCCCCC(NOC(=O)c1ccccc1C(=O)O)C(=O)O. The first-order chi connectivity index (χ1) is 10.5. The third-order valence-electron chi connectivity index (χ3n) is 2.92. The van der Waals surface area contributed by atoms with Crippen molar-refractivity contribution in [3.63, 3.8) is 0 Å². The van der Waals surface area contributed by atoms with Crippen molar-refractivity contribution < 1.29 is 29.4 Å². The predicted octanol–water partition coefficient (Wildman–Crippen LogP) is 0.628. The van der Waals surface area contributed by atoms with E-state index in [-0.39, 0.29) is 17.5 Å². The molecule has 120 valence electrons. The van der Waals surface area contributed by atoms with Crippen LogP contribution in [0.5, 0.6) is 0 Å². The number of rotatable bonds is 9. The number of carboxylic acids is 2. The standard InChI is InChI=1S/C14H18N2O6/c15-8-4-3-7-11(13(19)20)16-22-14(21)10-6-2-1-5-9(10)12(17)18/h1-2,5-6,11,16H,3-4,7-8,15H2,(H,17,18)(H,19,20). The topological polar surface area (TPSA) is 139 Å². The van der Waals surface area contributed by atoms with Crippen LogP contribution in [0.3, 0.4) is 0 Å². The second-order valence-corrected chi connectivity index (χ2v) is 4.53. The highest BCUT2D eigenvalue weighted by atomic mass is 16.7. The highest BCUT2D eigenvalue weighted by Crippen LogP contribution is 2.10. The Morgan fingerprint density at radius 1 is 1.14 bits per heavy atom. The number of nitrogens with two attached hydrogens (primary N) is 1. The van der Waals surface area contributed by atoms with Crippen LogP contribution < -0.4 is 11.2 Å². The molecule has 22 heavy (non-hydrogen) atoms. The molecule has 0 amide bonds. The maximum absolute atomic E-state index is 11.9. The van der Waals surface area contributed by atoms with Gasteiger partial charge in [-0.15, -0.1) is 5.48 Å². The van der Waals surface area contributed by atoms with Crippen molar-refractivity contribution in [3.05, 3.63) is 35.4 Å². The van der Waals surface area contributed by atoms with E-state index >= 15 is 0 Å². The van der Waals surface area contributed by atoms with Gasteiger partial charge in [-0.25, -0.2) is 9.59 Å². The summed E-state index contributed by atoms with van der Waals surface area (Å²) in [5.41, 5.74) is 7.11. The van der Waals surface area contributed by atoms with E-state index in [9.17, 15) is 14.4 Å². The molecular weight excluding hydrogens is 292 g/mol. The van der Waals surface area contributed by atoms with Crippen molar-refractivity contribution in [2.45, 2.75) is 25.3 Å². The fourth-order valence-corrected chi connectivity index (χ4v) is 1.75. The van der Waals surface area contributed by atoms with Crippen LogP contribution in [0.15, 0.2) is 24.3 Å². The van der Waals surface area contributed by atoms with Crippen LogP contribution in [0.2, 0.25) is 0 Å². The molecule has 0 aliphatic heterocycles. The van der Waals surface area contributed by atoms with Crippen molar-refractivity contribution in [2.75, 3.05) is 6.54 Å². The van der Waals surface area contributed by atoms with Crippen LogP contribution >= 0.6 is 0 Å². The normalized spacial score (nSPS) is 11.7. The second kappa shape index (κ2) is 8.75. The van der Waals surface area contributed by atoms with E-state index in [0.29, 0.717) is 19.4 Å². The van der Waals surface area contributed by atoms with Gasteiger partial charge in [0.2, 0.25) is 0 Å². The number of aromatic carboxylic acids is 1. The molecule has 0 saturated carbocycles. The van der Waals surface area contributed by atoms with Crippen LogP contribution in [-0.2, 0) is 9.63 Å². The lowest BCUT2D eigenvalue weighted by molar-refractivity contribution is -0.142. The van der Waals surface area contributed by atoms with Gasteiger partial charge in [0, 0.05) is 0 Å². The van der Waals surface area contributed by atoms with Gasteiger partial charge in [-0.3, -0.25) is 4.79 Å². The monoisotopic (exact) mass is 310 g/mol. The molecule has 0 aromatic heterocycles. The molecule has 1 atom stereocenters. The van der Waals surface area contributed by atoms with E-state index in [1.807, 2.05) is 0 Å². The third-order valence-corrected chi connectivity index (χ3v) is 2.92. The molecule has 0 bridgehead atoms. The molecule has 0 heterocycles. The van der Waals surface area contributed by atoms with Gasteiger partial charge < -0.3 is 20.8 Å². The number of hydrogen-bond donors (Lipinski definition) is 4. The molecule has 1 rings (SSSR count). The first-order valence-corrected chi connectivity index (χ1v) is 6.69. The average molecular weight is 310 g/mol. The molecule has 1 aromatic carbocycles. The van der Waals surface area contributed by atoms with Crippen molar-refractivity contribution in [3.8, 4) is 0 Å². The summed E-state index contributed by atoms with van der Waals surface area (Å²) in [5, 5.41) is 18.0. The molecule has 0 fully saturated rings. The fraction of sp³-hybridized carbons (Fsp3) is 0.357. The van der Waals surface area contributed by atoms with Crippen molar-refractivity contribution in [1.29, 1.82) is 0 Å². The van der Waals surface area contributed by atoms with Gasteiger partial charge >= 0.3 is 17.9 Å². The zero-order chi connectivity index (χ0) is 16.5. The van der Waals surface area contributed by atoms with Crippen LogP contribution in [0.25, 0.3) is 0 Å². The van der Waals surface area contributed by atoms with Gasteiger partial charge in [0.05, 0.1) is 11.1 Å². The Morgan fingerprint density at radius 2 is 1.77 bits per heavy atom. The molecular formula is C14H18N2O6. The minimum absolute atomic E-state index is 0.159. The molecule has 8 heteroatoms. The summed E-state index contributed by atoms with van der Waals surface area (Å²) >= 11 is 0. The number of hydrogen-bond acceptors (Lipinski definition) is 6. The van der Waals surface area contributed by atoms with Gasteiger partial charge in [-0.1, -0.05) is 12.1 Å². The summed E-state index contributed by atoms with van der Waals surface area (Å²) in [6, 6.07) is 4.43. The summed E-state index contributed by atoms with van der Waals surface area (Å²) in [4.78, 5) is 38.6. The molecule has 0 saturated heterocycles. The van der Waals surface area contributed by atoms with Crippen LogP contribution in [-0.4, -0.2) is 40.7 Å². The smallest absolute Gasteiger partial charge is 0.357 e. The lowest BCUT2D eigenvalue weighted by atomic mass is 10.1. The average Bonchev–Trinajstić information content (AvgIpc) is 2.50. The Balaban J connectivity index is 2.67. The molecule has 8 nitrogen and oxygen atoms in total. The van der Waals surface area contributed by atoms with Crippen molar-refractivity contribution >= 4 is 17.9 Å². The molecule has 1 aromatic rings. The van der Waals surface area contributed by atoms with E-state index in [4.69, 9.17) is 20.8 Å². The largest absolute Gasteiger partial charge is 0.480 e. The van der Waals surface area contributed by atoms with Gasteiger partial charge in [-0.05, 0) is 37.9 Å². The van der Waals surface area contributed by atoms with Crippen LogP contribution in [0.1, 0.15) is 40.0 Å². The van der Waals surface area contributed by atoms with E-state index in [1.165, 1.54) is 24.3 Å². The van der Waals surface area contributed by atoms with Gasteiger partial charge in [0.15, 0.2) is 0 Å². The number of carboxylic acid groups (broad SMARTS) is 2. The lowest BCUT2D eigenvalue weighted by Gasteiger charge is -2.14. The number of hydroxylamine groups is 1. The highest BCUT2D eigenvalue weighted by Gasteiger charge is 2.21. The number of nitrogens with one attached hydrogen (secondary N) is 1. The first kappa shape index (κ1) is 17.6. The summed E-state index contributed by atoms with van der Waals surface area (Å²) in [7, 11) is 0. The van der Waals surface area contributed by atoms with E-state index in [1.54, 1.807) is 0 Å². The van der Waals surface area contributed by atoms with E-state index < -0.39 is 23.9 Å². The molecule has 1 unspecified atom stereocenters. The number of carbonyl (C=O) groups is 3. The van der Waals surface area contributed by atoms with Crippen molar-refractivity contribution in [1.82, 2.24) is 5.48 Å². The Hall–Kier alpha value is -2.45. The Kier molecular flexibility index (Phi) is 7.00. The summed E-state index contributed by atoms with van der Waals surface area (Å²) in [6.07, 6.45) is 1.45. The molecule has 0 aliphatic carbocycles. The zero-order valence-corrected chi connectivity index (χ0v) is 11.8. The highest BCUT2D eigenvalue weighted by molar-refractivity contribution is 6.02. The quantitative estimate of drug-likeness (QED) is 0.384. The summed E-state index contributed by atoms with van der Waals surface area (Å²) in [5.74, 6) is -3.40. The zero-order valence-electron chi connectivity index (χ0n) is 11.8. The first-order valence-electron chi connectivity index (χ1n) is 6.69. The molecule has 0 aliphatic rings. The van der Waals surface area contributed by atoms with E-state index in [0.717, 1.165) is 0 Å². The number of unbranched alkanes of at least 4 members (excludes halogenated alkanes) is 1. The molecule has 5 N–H and O–H groups in total.